The lowest BCUT2D eigenvalue weighted by Gasteiger charge is -1.93. The Morgan fingerprint density at radius 2 is 2.05 bits per heavy atom. The third-order valence-corrected chi connectivity index (χ3v) is 2.65. The molecule has 0 saturated carbocycles. The third-order valence-electron chi connectivity index (χ3n) is 2.65. The van der Waals surface area contributed by atoms with Crippen LogP contribution in [0.3, 0.4) is 0 Å². The third kappa shape index (κ3) is 2.65. The second kappa shape index (κ2) is 5.39. The minimum absolute atomic E-state index is 0.139. The lowest BCUT2D eigenvalue weighted by molar-refractivity contribution is -0.728. The summed E-state index contributed by atoms with van der Waals surface area (Å²) in [4.78, 5) is 16.7. The summed E-state index contributed by atoms with van der Waals surface area (Å²) in [7, 11) is 1.53. The molecule has 5 heteroatoms. The van der Waals surface area contributed by atoms with Crippen LogP contribution >= 0.6 is 0 Å². The summed E-state index contributed by atoms with van der Waals surface area (Å²) in [6, 6.07) is 8.85. The van der Waals surface area contributed by atoms with Crippen LogP contribution in [0.4, 0.5) is 0 Å². The molecule has 0 unspecified atom stereocenters. The van der Waals surface area contributed by atoms with Gasteiger partial charge in [0.15, 0.2) is 5.57 Å². The van der Waals surface area contributed by atoms with Gasteiger partial charge in [0.05, 0.1) is 17.6 Å². The van der Waals surface area contributed by atoms with E-state index in [1.807, 2.05) is 6.07 Å². The molecule has 2 rings (SSSR count). The number of aliphatic hydroxyl groups is 1. The van der Waals surface area contributed by atoms with Gasteiger partial charge in [-0.05, 0) is 12.5 Å². The molecule has 1 aromatic carbocycles. The molecule has 1 aliphatic rings. The van der Waals surface area contributed by atoms with Crippen LogP contribution in [0, 0.1) is 0 Å². The number of ether oxygens (including phenoxy) is 1. The molecule has 0 aliphatic carbocycles. The van der Waals surface area contributed by atoms with Gasteiger partial charge in [0.1, 0.15) is 0 Å². The topological polar surface area (TPSA) is 58.8 Å². The highest BCUT2D eigenvalue weighted by molar-refractivity contribution is 6.17. The maximum atomic E-state index is 11.8. The fourth-order valence-corrected chi connectivity index (χ4v) is 1.57. The summed E-state index contributed by atoms with van der Waals surface area (Å²) in [5.74, 6) is -0.211. The summed E-state index contributed by atoms with van der Waals surface area (Å²) in [6.07, 6.45) is 3.00. The molecule has 19 heavy (non-hydrogen) atoms. The smallest absolute Gasteiger partial charge is 0.431 e. The molecule has 1 aliphatic heterocycles. The van der Waals surface area contributed by atoms with Gasteiger partial charge >= 0.3 is 11.9 Å². The van der Waals surface area contributed by atoms with E-state index in [0.717, 1.165) is 4.74 Å². The summed E-state index contributed by atoms with van der Waals surface area (Å²) >= 11 is 0. The number of rotatable bonds is 3. The van der Waals surface area contributed by atoms with E-state index in [0.29, 0.717) is 11.3 Å². The zero-order valence-corrected chi connectivity index (χ0v) is 10.7. The normalized spacial score (nSPS) is 17.9. The average Bonchev–Trinajstić information content (AvgIpc) is 2.71. The van der Waals surface area contributed by atoms with Crippen LogP contribution in [-0.4, -0.2) is 29.1 Å². The SMILES string of the molecule is CO/C(C)=C/C=[N+]1/OC(=O)C(c2ccccc2)=C1O. The predicted octanol–water partition coefficient (Wildman–Crippen LogP) is 2.02. The number of hydrogen-bond acceptors (Lipinski definition) is 4. The average molecular weight is 260 g/mol. The Bertz CT molecular complexity index is 585. The fraction of sp³-hybridized carbons (Fsp3) is 0.143. The van der Waals surface area contributed by atoms with Gasteiger partial charge in [-0.3, -0.25) is 0 Å². The molecule has 0 radical (unpaired) electrons. The van der Waals surface area contributed by atoms with Crippen LogP contribution in [0.25, 0.3) is 5.57 Å². The molecule has 98 valence electrons. The van der Waals surface area contributed by atoms with Crippen LogP contribution < -0.4 is 0 Å². The Hall–Kier alpha value is -2.56. The number of hydroxylamine groups is 1. The molecule has 1 N–H and O–H groups in total. The molecule has 5 nitrogen and oxygen atoms in total. The van der Waals surface area contributed by atoms with Crippen LogP contribution in [0.2, 0.25) is 0 Å². The van der Waals surface area contributed by atoms with Crippen LogP contribution in [-0.2, 0) is 14.4 Å². The Kier molecular flexibility index (Phi) is 3.66. The van der Waals surface area contributed by atoms with Gasteiger partial charge in [-0.25, -0.2) is 4.79 Å². The quantitative estimate of drug-likeness (QED) is 0.513. The maximum Gasteiger partial charge on any atom is 0.431 e. The molecule has 0 atom stereocenters. The standard InChI is InChI=1S/C14H13NO4/c1-10(18-2)8-9-15-13(16)12(14(17)19-15)11-6-4-3-5-7-11/h3-9H,1-2H3/p+1/b10-8+,15-9+. The first-order chi connectivity index (χ1) is 9.13. The van der Waals surface area contributed by atoms with E-state index < -0.39 is 5.97 Å². The van der Waals surface area contributed by atoms with E-state index in [2.05, 4.69) is 0 Å². The van der Waals surface area contributed by atoms with Gasteiger partial charge < -0.3 is 9.84 Å². The van der Waals surface area contributed by atoms with Gasteiger partial charge in [0.25, 0.3) is 0 Å². The first-order valence-corrected chi connectivity index (χ1v) is 5.69. The van der Waals surface area contributed by atoms with Gasteiger partial charge in [-0.1, -0.05) is 30.3 Å². The van der Waals surface area contributed by atoms with E-state index in [1.54, 1.807) is 37.3 Å². The number of carbonyl (C=O) groups is 1. The second-order valence-corrected chi connectivity index (χ2v) is 3.90. The number of allylic oxidation sites excluding steroid dienone is 2. The van der Waals surface area contributed by atoms with Crippen molar-refractivity contribution in [2.45, 2.75) is 6.92 Å². The van der Waals surface area contributed by atoms with Crippen molar-refractivity contribution in [3.63, 3.8) is 0 Å². The molecule has 0 fully saturated rings. The van der Waals surface area contributed by atoms with Crippen LogP contribution in [0.1, 0.15) is 12.5 Å². The molecule has 0 bridgehead atoms. The van der Waals surface area contributed by atoms with Crippen molar-refractivity contribution in [2.24, 2.45) is 0 Å². The van der Waals surface area contributed by atoms with Crippen molar-refractivity contribution in [2.75, 3.05) is 7.11 Å². The summed E-state index contributed by atoms with van der Waals surface area (Å²) in [5, 5.41) is 10.0. The summed E-state index contributed by atoms with van der Waals surface area (Å²) < 4.78 is 5.96. The van der Waals surface area contributed by atoms with E-state index in [9.17, 15) is 9.90 Å². The fourth-order valence-electron chi connectivity index (χ4n) is 1.57. The van der Waals surface area contributed by atoms with Crippen LogP contribution in [0.5, 0.6) is 0 Å². The van der Waals surface area contributed by atoms with Crippen molar-refractivity contribution in [3.8, 4) is 0 Å². The highest BCUT2D eigenvalue weighted by Crippen LogP contribution is 2.25. The Morgan fingerprint density at radius 3 is 2.68 bits per heavy atom. The Morgan fingerprint density at radius 1 is 1.37 bits per heavy atom. The monoisotopic (exact) mass is 260 g/mol. The molecule has 0 spiro atoms. The van der Waals surface area contributed by atoms with E-state index in [1.165, 1.54) is 13.3 Å². The number of carbonyl (C=O) groups excluding carboxylic acids is 1. The lowest BCUT2D eigenvalue weighted by atomic mass is 10.1. The van der Waals surface area contributed by atoms with E-state index in [4.69, 9.17) is 9.57 Å². The highest BCUT2D eigenvalue weighted by atomic mass is 16.7. The van der Waals surface area contributed by atoms with Crippen molar-refractivity contribution < 1.29 is 24.2 Å². The van der Waals surface area contributed by atoms with Crippen molar-refractivity contribution in [1.82, 2.24) is 0 Å². The molecule has 0 saturated heterocycles. The largest absolute Gasteiger partial charge is 0.501 e. The van der Waals surface area contributed by atoms with Crippen molar-refractivity contribution >= 4 is 17.8 Å². The first kappa shape index (κ1) is 12.9. The number of methoxy groups -OCH3 is 1. The van der Waals surface area contributed by atoms with Gasteiger partial charge in [0.2, 0.25) is 6.21 Å². The first-order valence-electron chi connectivity index (χ1n) is 5.69. The van der Waals surface area contributed by atoms with Gasteiger partial charge in [0, 0.05) is 6.08 Å². The number of hydrogen-bond donors (Lipinski definition) is 1. The Labute approximate surface area is 110 Å². The zero-order chi connectivity index (χ0) is 13.8. The summed E-state index contributed by atoms with van der Waals surface area (Å²) in [5.41, 5.74) is 0.744. The van der Waals surface area contributed by atoms with E-state index in [-0.39, 0.29) is 11.5 Å². The maximum absolute atomic E-state index is 11.8. The predicted molar refractivity (Wildman–Crippen MR) is 69.2 cm³/mol. The molecular weight excluding hydrogens is 246 g/mol. The molecular formula is C14H14NO4+. The minimum atomic E-state index is -0.594. The molecule has 1 aromatic rings. The van der Waals surface area contributed by atoms with Crippen LogP contribution in [0.15, 0.2) is 48.1 Å². The molecule has 1 heterocycles. The van der Waals surface area contributed by atoms with Crippen molar-refractivity contribution in [1.29, 1.82) is 0 Å². The number of nitrogens with zero attached hydrogens (tertiary/aromatic N) is 1. The zero-order valence-electron chi connectivity index (χ0n) is 10.7. The number of aliphatic hydroxyl groups excluding tert-OH is 1. The van der Waals surface area contributed by atoms with Gasteiger partial charge in [-0.15, -0.1) is 0 Å². The second-order valence-electron chi connectivity index (χ2n) is 3.90. The summed E-state index contributed by atoms with van der Waals surface area (Å²) in [6.45, 7) is 1.74. The molecule has 0 aromatic heterocycles. The highest BCUT2D eigenvalue weighted by Gasteiger charge is 2.39. The number of benzene rings is 1. The minimum Gasteiger partial charge on any atom is -0.501 e. The Balaban J connectivity index is 2.39. The molecule has 0 amide bonds. The van der Waals surface area contributed by atoms with E-state index >= 15 is 0 Å². The van der Waals surface area contributed by atoms with Gasteiger partial charge in [-0.2, -0.15) is 4.84 Å². The van der Waals surface area contributed by atoms with Crippen molar-refractivity contribution in [3.05, 3.63) is 53.6 Å². The lowest BCUT2D eigenvalue weighted by Crippen LogP contribution is -2.08.